The Balaban J connectivity index is 2.88. The van der Waals surface area contributed by atoms with Gasteiger partial charge in [-0.15, -0.1) is 0 Å². The number of pyridine rings is 1. The molecule has 0 atom stereocenters. The second kappa shape index (κ2) is 4.25. The third-order valence-electron chi connectivity index (χ3n) is 2.83. The van der Waals surface area contributed by atoms with Crippen LogP contribution >= 0.6 is 0 Å². The fourth-order valence-electron chi connectivity index (χ4n) is 2.03. The number of nitrogens with zero attached hydrogens (tertiary/aromatic N) is 4. The highest BCUT2D eigenvalue weighted by atomic mass is 16.6. The summed E-state index contributed by atoms with van der Waals surface area (Å²) in [6.45, 7) is 6.05. The van der Waals surface area contributed by atoms with Crippen molar-refractivity contribution in [2.24, 2.45) is 0 Å². The smallest absolute Gasteiger partial charge is 0.288 e. The molecule has 2 aromatic rings. The van der Waals surface area contributed by atoms with Crippen LogP contribution in [0, 0.1) is 10.1 Å². The average molecular weight is 250 g/mol. The van der Waals surface area contributed by atoms with Gasteiger partial charge >= 0.3 is 5.69 Å². The molecule has 7 nitrogen and oxygen atoms in total. The van der Waals surface area contributed by atoms with Gasteiger partial charge in [-0.2, -0.15) is 0 Å². The molecule has 0 aliphatic carbocycles. The van der Waals surface area contributed by atoms with Crippen LogP contribution < -0.4 is 5.69 Å². The normalized spacial score (nSPS) is 11.3. The molecule has 0 fully saturated rings. The molecule has 0 spiro atoms. The van der Waals surface area contributed by atoms with Gasteiger partial charge in [0.2, 0.25) is 0 Å². The molecular formula is C11H14N4O3. The molecule has 96 valence electrons. The van der Waals surface area contributed by atoms with Gasteiger partial charge in [-0.05, 0) is 20.8 Å². The highest BCUT2D eigenvalue weighted by Gasteiger charge is 2.18. The van der Waals surface area contributed by atoms with Crippen molar-refractivity contribution in [3.8, 4) is 0 Å². The maximum Gasteiger partial charge on any atom is 0.330 e. The molecule has 0 radical (unpaired) electrons. The maximum atomic E-state index is 12.2. The Morgan fingerprint density at radius 3 is 2.67 bits per heavy atom. The second-order valence-corrected chi connectivity index (χ2v) is 4.28. The van der Waals surface area contributed by atoms with Gasteiger partial charge in [0.15, 0.2) is 5.65 Å². The summed E-state index contributed by atoms with van der Waals surface area (Å²) in [5.41, 5.74) is 0.702. The van der Waals surface area contributed by atoms with E-state index in [1.54, 1.807) is 0 Å². The molecule has 0 aromatic carbocycles. The molecule has 0 saturated heterocycles. The summed E-state index contributed by atoms with van der Waals surface area (Å²) in [6, 6.07) is 1.33. The number of fused-ring (bicyclic) bond motifs is 1. The van der Waals surface area contributed by atoms with Gasteiger partial charge < -0.3 is 0 Å². The van der Waals surface area contributed by atoms with Crippen LogP contribution in [0.25, 0.3) is 11.2 Å². The first-order chi connectivity index (χ1) is 8.47. The molecule has 2 rings (SSSR count). The van der Waals surface area contributed by atoms with E-state index in [2.05, 4.69) is 4.98 Å². The number of aryl methyl sites for hydroxylation is 1. The van der Waals surface area contributed by atoms with Crippen molar-refractivity contribution in [2.45, 2.75) is 33.4 Å². The first kappa shape index (κ1) is 12.3. The van der Waals surface area contributed by atoms with Crippen LogP contribution in [0.3, 0.4) is 0 Å². The van der Waals surface area contributed by atoms with Crippen molar-refractivity contribution in [2.75, 3.05) is 0 Å². The number of hydrogen-bond donors (Lipinski definition) is 0. The number of rotatable bonds is 3. The van der Waals surface area contributed by atoms with E-state index in [0.29, 0.717) is 17.7 Å². The van der Waals surface area contributed by atoms with Gasteiger partial charge in [-0.1, -0.05) is 0 Å². The van der Waals surface area contributed by atoms with E-state index < -0.39 is 4.92 Å². The van der Waals surface area contributed by atoms with E-state index in [-0.39, 0.29) is 17.4 Å². The molecule has 7 heteroatoms. The summed E-state index contributed by atoms with van der Waals surface area (Å²) < 4.78 is 3.04. The monoisotopic (exact) mass is 250 g/mol. The van der Waals surface area contributed by atoms with Crippen LogP contribution in [0.2, 0.25) is 0 Å². The molecule has 0 unspecified atom stereocenters. The van der Waals surface area contributed by atoms with E-state index >= 15 is 0 Å². The lowest BCUT2D eigenvalue weighted by atomic mass is 10.3. The molecule has 0 saturated carbocycles. The van der Waals surface area contributed by atoms with Gasteiger partial charge in [-0.25, -0.2) is 9.78 Å². The van der Waals surface area contributed by atoms with Gasteiger partial charge in [-0.3, -0.25) is 19.2 Å². The van der Waals surface area contributed by atoms with Crippen LogP contribution in [0.5, 0.6) is 0 Å². The van der Waals surface area contributed by atoms with E-state index in [9.17, 15) is 14.9 Å². The zero-order valence-corrected chi connectivity index (χ0v) is 10.5. The second-order valence-electron chi connectivity index (χ2n) is 4.28. The SMILES string of the molecule is CCn1c(=O)n(C(C)C)c2cc([N+](=O)[O-])cnc21. The van der Waals surface area contributed by atoms with Crippen LogP contribution in [0.4, 0.5) is 5.69 Å². The van der Waals surface area contributed by atoms with E-state index in [0.717, 1.165) is 0 Å². The highest BCUT2D eigenvalue weighted by molar-refractivity contribution is 5.74. The summed E-state index contributed by atoms with van der Waals surface area (Å²) in [4.78, 5) is 26.4. The standard InChI is InChI=1S/C11H14N4O3/c1-4-13-10-9(14(7(2)3)11(13)16)5-8(6-12-10)15(17)18/h5-7H,4H2,1-3H3. The first-order valence-electron chi connectivity index (χ1n) is 5.72. The van der Waals surface area contributed by atoms with Crippen molar-refractivity contribution >= 4 is 16.9 Å². The van der Waals surface area contributed by atoms with Gasteiger partial charge in [0, 0.05) is 18.7 Å². The molecule has 0 aliphatic rings. The topological polar surface area (TPSA) is 83.0 Å². The fourth-order valence-corrected chi connectivity index (χ4v) is 2.03. The summed E-state index contributed by atoms with van der Waals surface area (Å²) in [7, 11) is 0. The van der Waals surface area contributed by atoms with Gasteiger partial charge in [0.1, 0.15) is 6.20 Å². The summed E-state index contributed by atoms with van der Waals surface area (Å²) in [5.74, 6) is 0. The van der Waals surface area contributed by atoms with E-state index in [4.69, 9.17) is 0 Å². The van der Waals surface area contributed by atoms with Crippen LogP contribution in [0.15, 0.2) is 17.1 Å². The Morgan fingerprint density at radius 1 is 1.50 bits per heavy atom. The molecule has 2 heterocycles. The zero-order valence-electron chi connectivity index (χ0n) is 10.5. The predicted molar refractivity (Wildman–Crippen MR) is 66.7 cm³/mol. The Hall–Kier alpha value is -2.18. The van der Waals surface area contributed by atoms with Crippen molar-refractivity contribution in [3.63, 3.8) is 0 Å². The maximum absolute atomic E-state index is 12.2. The van der Waals surface area contributed by atoms with Gasteiger partial charge in [0.25, 0.3) is 5.69 Å². The third kappa shape index (κ3) is 1.68. The number of imidazole rings is 1. The lowest BCUT2D eigenvalue weighted by molar-refractivity contribution is -0.385. The molecular weight excluding hydrogens is 236 g/mol. The zero-order chi connectivity index (χ0) is 13.4. The average Bonchev–Trinajstić information content (AvgIpc) is 2.59. The number of nitro groups is 1. The quantitative estimate of drug-likeness (QED) is 0.613. The molecule has 18 heavy (non-hydrogen) atoms. The predicted octanol–water partition coefficient (Wildman–Crippen LogP) is 1.71. The lowest BCUT2D eigenvalue weighted by Crippen LogP contribution is -2.25. The van der Waals surface area contributed by atoms with Crippen molar-refractivity contribution in [1.82, 2.24) is 14.1 Å². The van der Waals surface area contributed by atoms with E-state index in [1.807, 2.05) is 20.8 Å². The third-order valence-corrected chi connectivity index (χ3v) is 2.83. The van der Waals surface area contributed by atoms with E-state index in [1.165, 1.54) is 21.4 Å². The minimum Gasteiger partial charge on any atom is -0.288 e. The van der Waals surface area contributed by atoms with Crippen LogP contribution in [0.1, 0.15) is 26.8 Å². The Morgan fingerprint density at radius 2 is 2.17 bits per heavy atom. The van der Waals surface area contributed by atoms with Crippen molar-refractivity contribution < 1.29 is 4.92 Å². The van der Waals surface area contributed by atoms with Crippen LogP contribution in [-0.4, -0.2) is 19.0 Å². The molecule has 0 N–H and O–H groups in total. The minimum absolute atomic E-state index is 0.0726. The van der Waals surface area contributed by atoms with Crippen LogP contribution in [-0.2, 0) is 6.54 Å². The Bertz CT molecular complexity index is 669. The summed E-state index contributed by atoms with van der Waals surface area (Å²) in [5, 5.41) is 10.8. The summed E-state index contributed by atoms with van der Waals surface area (Å²) >= 11 is 0. The Kier molecular flexibility index (Phi) is 2.90. The number of hydrogen-bond acceptors (Lipinski definition) is 4. The minimum atomic E-state index is -0.509. The molecule has 2 aromatic heterocycles. The number of aromatic nitrogens is 3. The molecule has 0 amide bonds. The van der Waals surface area contributed by atoms with Crippen molar-refractivity contribution in [3.05, 3.63) is 32.9 Å². The van der Waals surface area contributed by atoms with Crippen molar-refractivity contribution in [1.29, 1.82) is 0 Å². The Labute approximate surface area is 103 Å². The molecule has 0 aliphatic heterocycles. The summed E-state index contributed by atoms with van der Waals surface area (Å²) in [6.07, 6.45) is 1.18. The first-order valence-corrected chi connectivity index (χ1v) is 5.72. The van der Waals surface area contributed by atoms with Gasteiger partial charge in [0.05, 0.1) is 10.4 Å². The largest absolute Gasteiger partial charge is 0.330 e. The highest BCUT2D eigenvalue weighted by Crippen LogP contribution is 2.20. The fraction of sp³-hybridized carbons (Fsp3) is 0.455. The molecule has 0 bridgehead atoms. The lowest BCUT2D eigenvalue weighted by Gasteiger charge is -2.05.